The predicted octanol–water partition coefficient (Wildman–Crippen LogP) is 1.31. The fraction of sp³-hybridized carbons (Fsp3) is 0.500. The third kappa shape index (κ3) is 4.13. The zero-order valence-corrected chi connectivity index (χ0v) is 10.9. The van der Waals surface area contributed by atoms with E-state index in [1.165, 1.54) is 0 Å². The Bertz CT molecular complexity index is 372. The van der Waals surface area contributed by atoms with E-state index in [0.29, 0.717) is 12.6 Å². The summed E-state index contributed by atoms with van der Waals surface area (Å²) >= 11 is 0. The van der Waals surface area contributed by atoms with E-state index in [2.05, 4.69) is 22.6 Å². The molecule has 0 aromatic heterocycles. The lowest BCUT2D eigenvalue weighted by Crippen LogP contribution is -2.43. The number of nitrogens with zero attached hydrogens (tertiary/aromatic N) is 1. The summed E-state index contributed by atoms with van der Waals surface area (Å²) in [5.41, 5.74) is 0.854. The Balaban J connectivity index is 1.69. The standard InChI is InChI=1S/C14H21N3O/c1-17-9-7-12(8-10-17)15-11-14(18)16-13-5-3-2-4-6-13/h2-6,12,15H,7-11H2,1H3,(H,16,18). The smallest absolute Gasteiger partial charge is 0.238 e. The summed E-state index contributed by atoms with van der Waals surface area (Å²) in [5.74, 6) is 0.0279. The summed E-state index contributed by atoms with van der Waals surface area (Å²) in [6.07, 6.45) is 2.24. The van der Waals surface area contributed by atoms with E-state index in [-0.39, 0.29) is 5.91 Å². The van der Waals surface area contributed by atoms with Gasteiger partial charge in [-0.1, -0.05) is 18.2 Å². The zero-order valence-electron chi connectivity index (χ0n) is 10.9. The van der Waals surface area contributed by atoms with Crippen LogP contribution >= 0.6 is 0 Å². The van der Waals surface area contributed by atoms with E-state index >= 15 is 0 Å². The lowest BCUT2D eigenvalue weighted by molar-refractivity contribution is -0.115. The number of carbonyl (C=O) groups excluding carboxylic acids is 1. The van der Waals surface area contributed by atoms with Crippen LogP contribution in [0.2, 0.25) is 0 Å². The minimum atomic E-state index is 0.0279. The summed E-state index contributed by atoms with van der Waals surface area (Å²) < 4.78 is 0. The monoisotopic (exact) mass is 247 g/mol. The molecule has 0 aliphatic carbocycles. The van der Waals surface area contributed by atoms with Crippen molar-refractivity contribution in [1.29, 1.82) is 0 Å². The van der Waals surface area contributed by atoms with Crippen LogP contribution in [-0.2, 0) is 4.79 Å². The Labute approximate surface area is 108 Å². The van der Waals surface area contributed by atoms with Crippen molar-refractivity contribution in [3.05, 3.63) is 30.3 Å². The van der Waals surface area contributed by atoms with Crippen molar-refractivity contribution >= 4 is 11.6 Å². The minimum absolute atomic E-state index is 0.0279. The van der Waals surface area contributed by atoms with Crippen molar-refractivity contribution in [2.45, 2.75) is 18.9 Å². The van der Waals surface area contributed by atoms with Gasteiger partial charge in [-0.2, -0.15) is 0 Å². The van der Waals surface area contributed by atoms with Gasteiger partial charge >= 0.3 is 0 Å². The third-order valence-corrected chi connectivity index (χ3v) is 3.33. The number of carbonyl (C=O) groups is 1. The molecule has 0 bridgehead atoms. The summed E-state index contributed by atoms with van der Waals surface area (Å²) in [5, 5.41) is 6.20. The average molecular weight is 247 g/mol. The number of nitrogens with one attached hydrogen (secondary N) is 2. The van der Waals surface area contributed by atoms with Crippen LogP contribution in [-0.4, -0.2) is 43.5 Å². The van der Waals surface area contributed by atoms with Crippen LogP contribution in [0.5, 0.6) is 0 Å². The molecule has 0 radical (unpaired) electrons. The van der Waals surface area contributed by atoms with E-state index in [1.54, 1.807) is 0 Å². The minimum Gasteiger partial charge on any atom is -0.325 e. The second-order valence-corrected chi connectivity index (χ2v) is 4.87. The number of hydrogen-bond donors (Lipinski definition) is 2. The van der Waals surface area contributed by atoms with Crippen LogP contribution in [0.4, 0.5) is 5.69 Å². The Morgan fingerprint density at radius 3 is 2.61 bits per heavy atom. The first kappa shape index (κ1) is 13.1. The fourth-order valence-electron chi connectivity index (χ4n) is 2.18. The molecule has 2 N–H and O–H groups in total. The lowest BCUT2D eigenvalue weighted by Gasteiger charge is -2.29. The normalized spacial score (nSPS) is 17.6. The van der Waals surface area contributed by atoms with Gasteiger partial charge in [-0.05, 0) is 45.1 Å². The van der Waals surface area contributed by atoms with Crippen molar-refractivity contribution in [1.82, 2.24) is 10.2 Å². The molecular weight excluding hydrogens is 226 g/mol. The molecule has 4 nitrogen and oxygen atoms in total. The highest BCUT2D eigenvalue weighted by Crippen LogP contribution is 2.08. The second kappa shape index (κ2) is 6.52. The van der Waals surface area contributed by atoms with Crippen LogP contribution in [0.15, 0.2) is 30.3 Å². The molecule has 1 fully saturated rings. The summed E-state index contributed by atoms with van der Waals surface area (Å²) in [7, 11) is 2.14. The quantitative estimate of drug-likeness (QED) is 0.843. The third-order valence-electron chi connectivity index (χ3n) is 3.33. The van der Waals surface area contributed by atoms with Crippen LogP contribution in [0.1, 0.15) is 12.8 Å². The van der Waals surface area contributed by atoms with Crippen LogP contribution < -0.4 is 10.6 Å². The number of piperidine rings is 1. The maximum atomic E-state index is 11.7. The molecule has 1 heterocycles. The van der Waals surface area contributed by atoms with Gasteiger partial charge < -0.3 is 15.5 Å². The molecule has 1 aliphatic heterocycles. The molecule has 1 amide bonds. The van der Waals surface area contributed by atoms with Gasteiger partial charge in [-0.15, -0.1) is 0 Å². The van der Waals surface area contributed by atoms with E-state index in [4.69, 9.17) is 0 Å². The molecule has 0 unspecified atom stereocenters. The highest BCUT2D eigenvalue weighted by atomic mass is 16.1. The molecule has 1 aliphatic rings. The van der Waals surface area contributed by atoms with Gasteiger partial charge in [-0.3, -0.25) is 4.79 Å². The molecular formula is C14H21N3O. The number of hydrogen-bond acceptors (Lipinski definition) is 3. The van der Waals surface area contributed by atoms with E-state index in [0.717, 1.165) is 31.6 Å². The van der Waals surface area contributed by atoms with Crippen LogP contribution in [0.3, 0.4) is 0 Å². The van der Waals surface area contributed by atoms with Gasteiger partial charge in [0.2, 0.25) is 5.91 Å². The lowest BCUT2D eigenvalue weighted by atomic mass is 10.1. The number of anilines is 1. The number of benzene rings is 1. The maximum Gasteiger partial charge on any atom is 0.238 e. The predicted molar refractivity (Wildman–Crippen MR) is 73.6 cm³/mol. The maximum absolute atomic E-state index is 11.7. The van der Waals surface area contributed by atoms with E-state index in [9.17, 15) is 4.79 Å². The van der Waals surface area contributed by atoms with Crippen molar-refractivity contribution in [2.75, 3.05) is 32.0 Å². The summed E-state index contributed by atoms with van der Waals surface area (Å²) in [6, 6.07) is 10.0. The number of rotatable bonds is 4. The van der Waals surface area contributed by atoms with Crippen LogP contribution in [0.25, 0.3) is 0 Å². The second-order valence-electron chi connectivity index (χ2n) is 4.87. The Hall–Kier alpha value is -1.39. The molecule has 4 heteroatoms. The number of likely N-dealkylation sites (tertiary alicyclic amines) is 1. The molecule has 1 saturated heterocycles. The average Bonchev–Trinajstić information content (AvgIpc) is 2.39. The zero-order chi connectivity index (χ0) is 12.8. The molecule has 0 saturated carbocycles. The van der Waals surface area contributed by atoms with Crippen LogP contribution in [0, 0.1) is 0 Å². The van der Waals surface area contributed by atoms with E-state index < -0.39 is 0 Å². The van der Waals surface area contributed by atoms with Gasteiger partial charge in [0.1, 0.15) is 0 Å². The molecule has 1 aromatic rings. The number of para-hydroxylation sites is 1. The molecule has 0 spiro atoms. The molecule has 1 aromatic carbocycles. The van der Waals surface area contributed by atoms with Gasteiger partial charge in [0.25, 0.3) is 0 Å². The van der Waals surface area contributed by atoms with Gasteiger partial charge in [-0.25, -0.2) is 0 Å². The first-order chi connectivity index (χ1) is 8.74. The van der Waals surface area contributed by atoms with Crippen molar-refractivity contribution in [3.63, 3.8) is 0 Å². The SMILES string of the molecule is CN1CCC(NCC(=O)Nc2ccccc2)CC1. The summed E-state index contributed by atoms with van der Waals surface area (Å²) in [6.45, 7) is 2.61. The molecule has 18 heavy (non-hydrogen) atoms. The largest absolute Gasteiger partial charge is 0.325 e. The molecule has 0 atom stereocenters. The molecule has 2 rings (SSSR count). The first-order valence-electron chi connectivity index (χ1n) is 6.51. The summed E-state index contributed by atoms with van der Waals surface area (Å²) in [4.78, 5) is 14.1. The van der Waals surface area contributed by atoms with Gasteiger partial charge in [0.05, 0.1) is 6.54 Å². The first-order valence-corrected chi connectivity index (χ1v) is 6.51. The topological polar surface area (TPSA) is 44.4 Å². The van der Waals surface area contributed by atoms with E-state index in [1.807, 2.05) is 30.3 Å². The Morgan fingerprint density at radius 2 is 1.94 bits per heavy atom. The Kier molecular flexibility index (Phi) is 4.73. The molecule has 98 valence electrons. The van der Waals surface area contributed by atoms with Crippen molar-refractivity contribution in [2.24, 2.45) is 0 Å². The van der Waals surface area contributed by atoms with Gasteiger partial charge in [0, 0.05) is 11.7 Å². The highest BCUT2D eigenvalue weighted by Gasteiger charge is 2.16. The highest BCUT2D eigenvalue weighted by molar-refractivity contribution is 5.92. The number of amides is 1. The fourth-order valence-corrected chi connectivity index (χ4v) is 2.18. The van der Waals surface area contributed by atoms with Gasteiger partial charge in [0.15, 0.2) is 0 Å². The Morgan fingerprint density at radius 1 is 1.28 bits per heavy atom. The van der Waals surface area contributed by atoms with Crippen molar-refractivity contribution < 1.29 is 4.79 Å². The van der Waals surface area contributed by atoms with Crippen molar-refractivity contribution in [3.8, 4) is 0 Å².